The van der Waals surface area contributed by atoms with E-state index < -0.39 is 0 Å². The van der Waals surface area contributed by atoms with Crippen LogP contribution in [0.15, 0.2) is 23.8 Å². The van der Waals surface area contributed by atoms with Crippen molar-refractivity contribution in [1.82, 2.24) is 9.80 Å². The molecule has 0 aromatic carbocycles. The van der Waals surface area contributed by atoms with Gasteiger partial charge in [-0.25, -0.2) is 0 Å². The average Bonchev–Trinajstić information content (AvgIpc) is 2.46. The van der Waals surface area contributed by atoms with Gasteiger partial charge in [0.05, 0.1) is 0 Å². The molecule has 1 heterocycles. The summed E-state index contributed by atoms with van der Waals surface area (Å²) in [5.74, 6) is 0.494. The third-order valence-corrected chi connectivity index (χ3v) is 5.06. The van der Waals surface area contributed by atoms with Gasteiger partial charge in [0.25, 0.3) is 0 Å². The second-order valence-corrected chi connectivity index (χ2v) is 7.14. The van der Waals surface area contributed by atoms with Crippen LogP contribution in [0.25, 0.3) is 0 Å². The highest BCUT2D eigenvalue weighted by Crippen LogP contribution is 2.41. The zero-order chi connectivity index (χ0) is 16.3. The van der Waals surface area contributed by atoms with E-state index in [1.165, 1.54) is 5.57 Å². The van der Waals surface area contributed by atoms with E-state index in [1.54, 1.807) is 17.9 Å². The summed E-state index contributed by atoms with van der Waals surface area (Å²) in [7, 11) is 0. The fourth-order valence-electron chi connectivity index (χ4n) is 3.51. The fraction of sp³-hybridized carbons (Fsp3) is 0.667. The van der Waals surface area contributed by atoms with E-state index in [2.05, 4.69) is 32.9 Å². The number of piperazine rings is 1. The maximum Gasteiger partial charge on any atom is 0.246 e. The van der Waals surface area contributed by atoms with Crippen LogP contribution in [-0.2, 0) is 9.59 Å². The molecular formula is C18H28N2O2. The van der Waals surface area contributed by atoms with Gasteiger partial charge in [-0.1, -0.05) is 31.6 Å². The lowest BCUT2D eigenvalue weighted by Gasteiger charge is -2.37. The Morgan fingerprint density at radius 1 is 1.18 bits per heavy atom. The number of rotatable bonds is 2. The van der Waals surface area contributed by atoms with Crippen molar-refractivity contribution in [2.45, 2.75) is 40.5 Å². The van der Waals surface area contributed by atoms with Crippen LogP contribution in [-0.4, -0.2) is 47.8 Å². The van der Waals surface area contributed by atoms with Gasteiger partial charge in [-0.3, -0.25) is 9.59 Å². The summed E-state index contributed by atoms with van der Waals surface area (Å²) in [6, 6.07) is 0. The minimum absolute atomic E-state index is 0.0670. The molecule has 22 heavy (non-hydrogen) atoms. The van der Waals surface area contributed by atoms with E-state index in [0.717, 1.165) is 12.8 Å². The molecule has 2 aliphatic rings. The molecule has 4 nitrogen and oxygen atoms in total. The molecule has 0 spiro atoms. The second kappa shape index (κ2) is 6.67. The number of carbonyl (C=O) groups is 2. The molecule has 0 bridgehead atoms. The normalized spacial score (nSPS) is 25.3. The van der Waals surface area contributed by atoms with Crippen LogP contribution < -0.4 is 0 Å². The van der Waals surface area contributed by atoms with Gasteiger partial charge < -0.3 is 9.80 Å². The highest BCUT2D eigenvalue weighted by molar-refractivity contribution is 5.88. The van der Waals surface area contributed by atoms with Crippen molar-refractivity contribution in [3.63, 3.8) is 0 Å². The Kier molecular flexibility index (Phi) is 5.09. The molecule has 4 heteroatoms. The number of carbonyl (C=O) groups excluding carboxylic acids is 2. The predicted octanol–water partition coefficient (Wildman–Crippen LogP) is 2.62. The molecule has 1 aliphatic carbocycles. The largest absolute Gasteiger partial charge is 0.339 e. The first kappa shape index (κ1) is 16.8. The van der Waals surface area contributed by atoms with Crippen molar-refractivity contribution in [1.29, 1.82) is 0 Å². The minimum atomic E-state index is 0.0670. The predicted molar refractivity (Wildman–Crippen MR) is 88.2 cm³/mol. The molecule has 122 valence electrons. The van der Waals surface area contributed by atoms with E-state index in [4.69, 9.17) is 0 Å². The van der Waals surface area contributed by atoms with E-state index >= 15 is 0 Å². The molecule has 2 amide bonds. The molecule has 1 unspecified atom stereocenters. The highest BCUT2D eigenvalue weighted by atomic mass is 16.2. The molecule has 1 aliphatic heterocycles. The Bertz CT molecular complexity index is 497. The molecular weight excluding hydrogens is 276 g/mol. The zero-order valence-electron chi connectivity index (χ0n) is 14.3. The van der Waals surface area contributed by atoms with Gasteiger partial charge in [-0.05, 0) is 31.3 Å². The number of amides is 2. The highest BCUT2D eigenvalue weighted by Gasteiger charge is 2.31. The minimum Gasteiger partial charge on any atom is -0.339 e. The topological polar surface area (TPSA) is 40.6 Å². The molecule has 2 rings (SSSR count). The van der Waals surface area contributed by atoms with Gasteiger partial charge in [-0.15, -0.1) is 0 Å². The maximum absolute atomic E-state index is 12.4. The lowest BCUT2D eigenvalue weighted by molar-refractivity contribution is -0.135. The number of hydrogen-bond donors (Lipinski definition) is 0. The van der Waals surface area contributed by atoms with Crippen LogP contribution in [0.1, 0.15) is 40.5 Å². The summed E-state index contributed by atoms with van der Waals surface area (Å²) in [5.41, 5.74) is 1.57. The van der Waals surface area contributed by atoms with Crippen LogP contribution in [0.2, 0.25) is 0 Å². The van der Waals surface area contributed by atoms with Crippen molar-refractivity contribution in [3.05, 3.63) is 23.8 Å². The summed E-state index contributed by atoms with van der Waals surface area (Å²) in [4.78, 5) is 27.3. The first-order valence-electron chi connectivity index (χ1n) is 8.20. The number of allylic oxidation sites excluding steroid dienone is 3. The average molecular weight is 304 g/mol. The molecule has 0 saturated carbocycles. The Balaban J connectivity index is 1.96. The lowest BCUT2D eigenvalue weighted by Crippen LogP contribution is -2.49. The van der Waals surface area contributed by atoms with Gasteiger partial charge in [-0.2, -0.15) is 0 Å². The third-order valence-electron chi connectivity index (χ3n) is 5.06. The van der Waals surface area contributed by atoms with Gasteiger partial charge in [0.2, 0.25) is 11.8 Å². The van der Waals surface area contributed by atoms with E-state index in [-0.39, 0.29) is 17.2 Å². The van der Waals surface area contributed by atoms with Crippen molar-refractivity contribution >= 4 is 11.8 Å². The van der Waals surface area contributed by atoms with Crippen LogP contribution in [0.3, 0.4) is 0 Å². The summed E-state index contributed by atoms with van der Waals surface area (Å²) >= 11 is 0. The third kappa shape index (κ3) is 3.79. The van der Waals surface area contributed by atoms with Crippen LogP contribution in [0, 0.1) is 11.3 Å². The standard InChI is InChI=1S/C18H28N2O2/c1-14-6-5-9-18(3,4)16(14)7-8-17(22)20-12-10-19(11-13-20)15(2)21/h6-8,16H,5,9-13H2,1-4H3/b8-7+. The molecule has 0 aromatic heterocycles. The summed E-state index contributed by atoms with van der Waals surface area (Å²) in [5, 5.41) is 0. The fourth-order valence-corrected chi connectivity index (χ4v) is 3.51. The van der Waals surface area contributed by atoms with Crippen molar-refractivity contribution < 1.29 is 9.59 Å². The van der Waals surface area contributed by atoms with E-state index in [9.17, 15) is 9.59 Å². The summed E-state index contributed by atoms with van der Waals surface area (Å²) in [6.07, 6.45) is 8.38. The quantitative estimate of drug-likeness (QED) is 0.581. The van der Waals surface area contributed by atoms with Gasteiger partial charge in [0.15, 0.2) is 0 Å². The zero-order valence-corrected chi connectivity index (χ0v) is 14.3. The molecule has 0 aromatic rings. The van der Waals surface area contributed by atoms with E-state index in [1.807, 2.05) is 4.90 Å². The molecule has 0 radical (unpaired) electrons. The first-order chi connectivity index (χ1) is 10.3. The van der Waals surface area contributed by atoms with Crippen molar-refractivity contribution in [3.8, 4) is 0 Å². The van der Waals surface area contributed by atoms with Crippen molar-refractivity contribution in [2.75, 3.05) is 26.2 Å². The Morgan fingerprint density at radius 2 is 1.77 bits per heavy atom. The van der Waals surface area contributed by atoms with Gasteiger partial charge in [0.1, 0.15) is 0 Å². The second-order valence-electron chi connectivity index (χ2n) is 7.14. The maximum atomic E-state index is 12.4. The number of hydrogen-bond acceptors (Lipinski definition) is 2. The van der Waals surface area contributed by atoms with Crippen LogP contribution >= 0.6 is 0 Å². The summed E-state index contributed by atoms with van der Waals surface area (Å²) in [6.45, 7) is 10.8. The van der Waals surface area contributed by atoms with Crippen LogP contribution in [0.4, 0.5) is 0 Å². The smallest absolute Gasteiger partial charge is 0.246 e. The molecule has 1 fully saturated rings. The first-order valence-corrected chi connectivity index (χ1v) is 8.20. The molecule has 1 atom stereocenters. The number of nitrogens with zero attached hydrogens (tertiary/aromatic N) is 2. The molecule has 1 saturated heterocycles. The Labute approximate surface area is 133 Å². The molecule has 0 N–H and O–H groups in total. The van der Waals surface area contributed by atoms with Gasteiger partial charge >= 0.3 is 0 Å². The van der Waals surface area contributed by atoms with E-state index in [0.29, 0.717) is 32.1 Å². The van der Waals surface area contributed by atoms with Crippen LogP contribution in [0.5, 0.6) is 0 Å². The van der Waals surface area contributed by atoms with Crippen molar-refractivity contribution in [2.24, 2.45) is 11.3 Å². The monoisotopic (exact) mass is 304 g/mol. The Morgan fingerprint density at radius 3 is 2.32 bits per heavy atom. The summed E-state index contributed by atoms with van der Waals surface area (Å²) < 4.78 is 0. The lowest BCUT2D eigenvalue weighted by atomic mass is 9.68. The SMILES string of the molecule is CC(=O)N1CCN(C(=O)/C=C/C2C(C)=CCCC2(C)C)CC1. The Hall–Kier alpha value is -1.58. The van der Waals surface area contributed by atoms with Gasteiger partial charge in [0, 0.05) is 39.0 Å².